The number of carboxylic acid groups (broad SMARTS) is 1. The fraction of sp³-hybridized carbons (Fsp3) is 0.200. The van der Waals surface area contributed by atoms with E-state index in [1.54, 1.807) is 67.3 Å². The zero-order valence-electron chi connectivity index (χ0n) is 15.2. The largest absolute Gasteiger partial charge is 0.497 e. The maximum atomic E-state index is 12.8. The Kier molecular flexibility index (Phi) is 5.03. The molecule has 0 saturated heterocycles. The highest BCUT2D eigenvalue weighted by molar-refractivity contribution is 6.02. The molecule has 2 N–H and O–H groups in total. The topological polar surface area (TPSA) is 89.8 Å². The number of carbonyl (C=O) groups excluding carboxylic acids is 1. The van der Waals surface area contributed by atoms with Crippen LogP contribution in [0.25, 0.3) is 10.9 Å². The highest BCUT2D eigenvalue weighted by Gasteiger charge is 2.25. The molecule has 0 aliphatic carbocycles. The average molecular weight is 368 g/mol. The summed E-state index contributed by atoms with van der Waals surface area (Å²) in [5.41, 5.74) is 1.55. The molecule has 27 heavy (non-hydrogen) atoms. The minimum absolute atomic E-state index is 0.318. The second kappa shape index (κ2) is 7.41. The second-order valence-corrected chi connectivity index (χ2v) is 6.01. The molecular weight excluding hydrogens is 348 g/mol. The lowest BCUT2D eigenvalue weighted by atomic mass is 10.1. The maximum Gasteiger partial charge on any atom is 0.330 e. The van der Waals surface area contributed by atoms with Crippen LogP contribution in [-0.2, 0) is 11.8 Å². The van der Waals surface area contributed by atoms with Gasteiger partial charge in [-0.15, -0.1) is 0 Å². The predicted molar refractivity (Wildman–Crippen MR) is 100 cm³/mol. The Morgan fingerprint density at radius 2 is 1.78 bits per heavy atom. The normalized spacial score (nSPS) is 11.8. The van der Waals surface area contributed by atoms with Gasteiger partial charge in [0.15, 0.2) is 6.04 Å². The van der Waals surface area contributed by atoms with Crippen LogP contribution in [0.15, 0.2) is 48.5 Å². The van der Waals surface area contributed by atoms with Crippen LogP contribution >= 0.6 is 0 Å². The van der Waals surface area contributed by atoms with Crippen molar-refractivity contribution in [3.63, 3.8) is 0 Å². The number of benzene rings is 2. The van der Waals surface area contributed by atoms with Gasteiger partial charge in [-0.1, -0.05) is 30.3 Å². The van der Waals surface area contributed by atoms with Crippen LogP contribution in [0.2, 0.25) is 0 Å². The van der Waals surface area contributed by atoms with Gasteiger partial charge in [-0.05, 0) is 11.6 Å². The van der Waals surface area contributed by atoms with Crippen molar-refractivity contribution in [1.29, 1.82) is 0 Å². The SMILES string of the molecule is COc1cc(OC)c2cc(C(=O)N[C@@H](C(=O)O)c3ccccc3)n(C)c2c1. The minimum Gasteiger partial charge on any atom is -0.497 e. The number of carboxylic acids is 1. The van der Waals surface area contributed by atoms with E-state index in [1.807, 2.05) is 0 Å². The minimum atomic E-state index is -1.15. The molecule has 0 spiro atoms. The molecule has 1 amide bonds. The summed E-state index contributed by atoms with van der Waals surface area (Å²) in [6.45, 7) is 0. The highest BCUT2D eigenvalue weighted by Crippen LogP contribution is 2.33. The van der Waals surface area contributed by atoms with Crippen molar-refractivity contribution >= 4 is 22.8 Å². The zero-order valence-corrected chi connectivity index (χ0v) is 15.2. The summed E-state index contributed by atoms with van der Waals surface area (Å²) in [6, 6.07) is 12.6. The molecule has 0 bridgehead atoms. The predicted octanol–water partition coefficient (Wildman–Crippen LogP) is 2.75. The summed E-state index contributed by atoms with van der Waals surface area (Å²) in [6.07, 6.45) is 0. The first-order valence-corrected chi connectivity index (χ1v) is 8.26. The van der Waals surface area contributed by atoms with Gasteiger partial charge in [0.25, 0.3) is 5.91 Å². The van der Waals surface area contributed by atoms with Gasteiger partial charge in [-0.2, -0.15) is 0 Å². The number of rotatable bonds is 6. The van der Waals surface area contributed by atoms with E-state index < -0.39 is 17.9 Å². The molecule has 0 radical (unpaired) electrons. The Bertz CT molecular complexity index is 995. The van der Waals surface area contributed by atoms with Crippen molar-refractivity contribution in [3.8, 4) is 11.5 Å². The van der Waals surface area contributed by atoms with Crippen molar-refractivity contribution in [3.05, 3.63) is 59.8 Å². The molecule has 3 rings (SSSR count). The molecule has 0 saturated carbocycles. The number of methoxy groups -OCH3 is 2. The number of nitrogens with zero attached hydrogens (tertiary/aromatic N) is 1. The van der Waals surface area contributed by atoms with E-state index in [2.05, 4.69) is 5.32 Å². The molecule has 1 atom stereocenters. The number of carbonyl (C=O) groups is 2. The second-order valence-electron chi connectivity index (χ2n) is 6.01. The fourth-order valence-electron chi connectivity index (χ4n) is 3.02. The molecule has 0 fully saturated rings. The molecule has 3 aromatic rings. The van der Waals surface area contributed by atoms with Crippen LogP contribution in [0.4, 0.5) is 0 Å². The number of ether oxygens (including phenoxy) is 2. The third-order valence-corrected chi connectivity index (χ3v) is 4.44. The Balaban J connectivity index is 2.00. The summed E-state index contributed by atoms with van der Waals surface area (Å²) in [5, 5.41) is 12.8. The Labute approximate surface area is 156 Å². The molecule has 140 valence electrons. The Morgan fingerprint density at radius 3 is 2.37 bits per heavy atom. The number of nitrogens with one attached hydrogen (secondary N) is 1. The van der Waals surface area contributed by atoms with E-state index in [9.17, 15) is 14.7 Å². The van der Waals surface area contributed by atoms with Crippen molar-refractivity contribution in [2.45, 2.75) is 6.04 Å². The van der Waals surface area contributed by atoms with Crippen molar-refractivity contribution in [1.82, 2.24) is 9.88 Å². The van der Waals surface area contributed by atoms with Crippen LogP contribution < -0.4 is 14.8 Å². The molecule has 0 aliphatic rings. The van der Waals surface area contributed by atoms with Crippen LogP contribution in [0.5, 0.6) is 11.5 Å². The summed E-state index contributed by atoms with van der Waals surface area (Å²) in [7, 11) is 4.82. The van der Waals surface area contributed by atoms with Gasteiger partial charge in [0, 0.05) is 24.6 Å². The van der Waals surface area contributed by atoms with Crippen LogP contribution in [0.1, 0.15) is 22.1 Å². The van der Waals surface area contributed by atoms with Crippen molar-refractivity contribution in [2.24, 2.45) is 7.05 Å². The molecule has 0 aliphatic heterocycles. The zero-order chi connectivity index (χ0) is 19.6. The standard InChI is InChI=1S/C20H20N2O5/c1-22-15-9-13(26-2)10-17(27-3)14(15)11-16(22)19(23)21-18(20(24)25)12-7-5-4-6-8-12/h4-11,18H,1-3H3,(H,21,23)(H,24,25)/t18-/m1/s1. The van der Waals surface area contributed by atoms with Gasteiger partial charge < -0.3 is 24.5 Å². The molecule has 7 heteroatoms. The van der Waals surface area contributed by atoms with Gasteiger partial charge in [0.1, 0.15) is 17.2 Å². The number of hydrogen-bond donors (Lipinski definition) is 2. The summed E-state index contributed by atoms with van der Waals surface area (Å²) in [5.74, 6) is -0.462. The molecule has 7 nitrogen and oxygen atoms in total. The van der Waals surface area contributed by atoms with E-state index in [-0.39, 0.29) is 0 Å². The third kappa shape index (κ3) is 3.44. The molecule has 2 aromatic carbocycles. The Morgan fingerprint density at radius 1 is 1.07 bits per heavy atom. The highest BCUT2D eigenvalue weighted by atomic mass is 16.5. The monoisotopic (exact) mass is 368 g/mol. The van der Waals surface area contributed by atoms with Crippen LogP contribution in [-0.4, -0.2) is 35.8 Å². The molecule has 1 heterocycles. The Hall–Kier alpha value is -3.48. The molecular formula is C20H20N2O5. The van der Waals surface area contributed by atoms with Gasteiger partial charge >= 0.3 is 5.97 Å². The molecule has 1 aromatic heterocycles. The first-order chi connectivity index (χ1) is 13.0. The average Bonchev–Trinajstić information content (AvgIpc) is 3.02. The fourth-order valence-corrected chi connectivity index (χ4v) is 3.02. The van der Waals surface area contributed by atoms with E-state index in [4.69, 9.17) is 9.47 Å². The number of aliphatic carboxylic acids is 1. The summed E-state index contributed by atoms with van der Waals surface area (Å²) >= 11 is 0. The lowest BCUT2D eigenvalue weighted by Gasteiger charge is -2.15. The van der Waals surface area contributed by atoms with Crippen LogP contribution in [0, 0.1) is 0 Å². The first-order valence-electron chi connectivity index (χ1n) is 8.26. The van der Waals surface area contributed by atoms with Crippen LogP contribution in [0.3, 0.4) is 0 Å². The van der Waals surface area contributed by atoms with Crippen molar-refractivity contribution in [2.75, 3.05) is 14.2 Å². The lowest BCUT2D eigenvalue weighted by molar-refractivity contribution is -0.139. The number of fused-ring (bicyclic) bond motifs is 1. The number of aromatic nitrogens is 1. The third-order valence-electron chi connectivity index (χ3n) is 4.44. The van der Waals surface area contributed by atoms with Gasteiger partial charge in [0.2, 0.25) is 0 Å². The van der Waals surface area contributed by atoms with Gasteiger partial charge in [-0.25, -0.2) is 4.79 Å². The number of aryl methyl sites for hydroxylation is 1. The van der Waals surface area contributed by atoms with E-state index in [1.165, 1.54) is 7.11 Å². The number of hydrogen-bond acceptors (Lipinski definition) is 4. The first kappa shape index (κ1) is 18.3. The van der Waals surface area contributed by atoms with Gasteiger partial charge in [-0.3, -0.25) is 4.79 Å². The maximum absolute atomic E-state index is 12.8. The lowest BCUT2D eigenvalue weighted by Crippen LogP contribution is -2.34. The molecule has 0 unspecified atom stereocenters. The number of amides is 1. The summed E-state index contributed by atoms with van der Waals surface area (Å²) < 4.78 is 12.3. The summed E-state index contributed by atoms with van der Waals surface area (Å²) in [4.78, 5) is 24.5. The van der Waals surface area contributed by atoms with E-state index >= 15 is 0 Å². The van der Waals surface area contributed by atoms with E-state index in [0.29, 0.717) is 22.8 Å². The smallest absolute Gasteiger partial charge is 0.330 e. The quantitative estimate of drug-likeness (QED) is 0.698. The van der Waals surface area contributed by atoms with Crippen molar-refractivity contribution < 1.29 is 24.2 Å². The van der Waals surface area contributed by atoms with Gasteiger partial charge in [0.05, 0.1) is 19.7 Å². The van der Waals surface area contributed by atoms with E-state index in [0.717, 1.165) is 10.9 Å².